The molecule has 1 unspecified atom stereocenters. The van der Waals surface area contributed by atoms with E-state index < -0.39 is 11.5 Å². The van der Waals surface area contributed by atoms with Gasteiger partial charge in [0.1, 0.15) is 5.82 Å². The van der Waals surface area contributed by atoms with Gasteiger partial charge in [-0.1, -0.05) is 42.5 Å². The molecule has 7 heteroatoms. The van der Waals surface area contributed by atoms with Crippen LogP contribution in [0.4, 0.5) is 14.9 Å². The van der Waals surface area contributed by atoms with Gasteiger partial charge >= 0.3 is 12.0 Å². The lowest BCUT2D eigenvalue weighted by Crippen LogP contribution is -2.58. The molecule has 0 saturated carbocycles. The van der Waals surface area contributed by atoms with Gasteiger partial charge in [-0.25, -0.2) is 14.0 Å². The van der Waals surface area contributed by atoms with E-state index in [0.29, 0.717) is 17.3 Å². The second kappa shape index (κ2) is 10.7. The fraction of sp³-hybridized carbons (Fsp3) is 0.333. The topological polar surface area (TPSA) is 70.7 Å². The molecule has 0 spiro atoms. The van der Waals surface area contributed by atoms with Crippen molar-refractivity contribution < 1.29 is 18.7 Å². The fourth-order valence-corrected chi connectivity index (χ4v) is 5.79. The van der Waals surface area contributed by atoms with E-state index in [1.54, 1.807) is 24.3 Å². The largest absolute Gasteiger partial charge is 0.465 e. The molecule has 1 atom stereocenters. The van der Waals surface area contributed by atoms with Crippen molar-refractivity contribution in [2.45, 2.75) is 43.7 Å². The summed E-state index contributed by atoms with van der Waals surface area (Å²) in [4.78, 5) is 27.6. The van der Waals surface area contributed by atoms with Gasteiger partial charge in [0.25, 0.3) is 0 Å². The lowest BCUT2D eigenvalue weighted by molar-refractivity contribution is 0.0600. The van der Waals surface area contributed by atoms with Crippen LogP contribution in [0.1, 0.15) is 39.9 Å². The number of rotatable bonds is 7. The molecule has 3 aromatic rings. The molecule has 3 aromatic carbocycles. The maximum Gasteiger partial charge on any atom is 0.337 e. The molecule has 1 heterocycles. The Bertz CT molecular complexity index is 1250. The molecule has 37 heavy (non-hydrogen) atoms. The summed E-state index contributed by atoms with van der Waals surface area (Å²) in [6.45, 7) is 1.69. The Balaban J connectivity index is 1.33. The first-order valence-corrected chi connectivity index (χ1v) is 12.8. The Morgan fingerprint density at radius 3 is 2.46 bits per heavy atom. The van der Waals surface area contributed by atoms with E-state index in [2.05, 4.69) is 27.7 Å². The number of benzene rings is 3. The highest BCUT2D eigenvalue weighted by molar-refractivity contribution is 5.94. The average Bonchev–Trinajstić information content (AvgIpc) is 3.48. The van der Waals surface area contributed by atoms with E-state index in [-0.39, 0.29) is 11.8 Å². The second-order valence-corrected chi connectivity index (χ2v) is 10.2. The maximum absolute atomic E-state index is 13.4. The zero-order valence-electron chi connectivity index (χ0n) is 21.0. The Kier molecular flexibility index (Phi) is 7.24. The standard InChI is InChI=1S/C30H32FN3O3/c1-37-28(35)22-8-4-9-26(17-22)32-29(36)33-30(18-23-6-2-3-7-24(23)19-30)20-34-15-5-10-27(34)16-21-11-13-25(31)14-12-21/h2-4,6-9,11-14,17,27H,5,10,15-16,18-20H2,1H3,(H2,32,33,36). The van der Waals surface area contributed by atoms with Crippen molar-refractivity contribution in [3.63, 3.8) is 0 Å². The van der Waals surface area contributed by atoms with Crippen molar-refractivity contribution in [2.75, 3.05) is 25.5 Å². The van der Waals surface area contributed by atoms with Crippen molar-refractivity contribution in [2.24, 2.45) is 0 Å². The first kappa shape index (κ1) is 25.0. The van der Waals surface area contributed by atoms with E-state index in [1.165, 1.54) is 30.4 Å². The SMILES string of the molecule is COC(=O)c1cccc(NC(=O)NC2(CN3CCCC3Cc3ccc(F)cc3)Cc3ccccc3C2)c1. The fourth-order valence-electron chi connectivity index (χ4n) is 5.79. The molecule has 1 aliphatic heterocycles. The van der Waals surface area contributed by atoms with Crippen LogP contribution in [-0.2, 0) is 24.0 Å². The Hall–Kier alpha value is -3.71. The molecular weight excluding hydrogens is 469 g/mol. The molecule has 1 aliphatic carbocycles. The van der Waals surface area contributed by atoms with Crippen LogP contribution in [0.2, 0.25) is 0 Å². The first-order valence-electron chi connectivity index (χ1n) is 12.8. The van der Waals surface area contributed by atoms with Crippen LogP contribution in [0, 0.1) is 5.82 Å². The summed E-state index contributed by atoms with van der Waals surface area (Å²) in [5.41, 5.74) is 4.08. The van der Waals surface area contributed by atoms with E-state index >= 15 is 0 Å². The van der Waals surface area contributed by atoms with Crippen LogP contribution < -0.4 is 10.6 Å². The molecule has 1 saturated heterocycles. The number of methoxy groups -OCH3 is 1. The van der Waals surface area contributed by atoms with Crippen molar-refractivity contribution >= 4 is 17.7 Å². The third kappa shape index (κ3) is 5.83. The van der Waals surface area contributed by atoms with E-state index in [0.717, 1.165) is 50.8 Å². The third-order valence-corrected chi connectivity index (χ3v) is 7.49. The highest BCUT2D eigenvalue weighted by Crippen LogP contribution is 2.33. The molecule has 2 N–H and O–H groups in total. The first-order chi connectivity index (χ1) is 17.9. The Labute approximate surface area is 216 Å². The number of esters is 1. The van der Waals surface area contributed by atoms with Gasteiger partial charge in [-0.2, -0.15) is 0 Å². The van der Waals surface area contributed by atoms with Gasteiger partial charge in [0.15, 0.2) is 0 Å². The lowest BCUT2D eigenvalue weighted by Gasteiger charge is -2.37. The van der Waals surface area contributed by atoms with Gasteiger partial charge in [0.05, 0.1) is 18.2 Å². The number of fused-ring (bicyclic) bond motifs is 1. The molecular formula is C30H32FN3O3. The number of nitrogens with one attached hydrogen (secondary N) is 2. The summed E-state index contributed by atoms with van der Waals surface area (Å²) >= 11 is 0. The molecule has 5 rings (SSSR count). The smallest absolute Gasteiger partial charge is 0.337 e. The van der Waals surface area contributed by atoms with Crippen LogP contribution in [0.3, 0.4) is 0 Å². The van der Waals surface area contributed by atoms with Gasteiger partial charge in [0.2, 0.25) is 0 Å². The average molecular weight is 502 g/mol. The van der Waals surface area contributed by atoms with E-state index in [1.807, 2.05) is 24.3 Å². The number of urea groups is 1. The quantitative estimate of drug-likeness (QED) is 0.448. The normalized spacial score (nSPS) is 18.3. The number of amides is 2. The van der Waals surface area contributed by atoms with Crippen LogP contribution >= 0.6 is 0 Å². The monoisotopic (exact) mass is 501 g/mol. The van der Waals surface area contributed by atoms with Gasteiger partial charge in [0, 0.05) is 18.3 Å². The third-order valence-electron chi connectivity index (χ3n) is 7.49. The molecule has 6 nitrogen and oxygen atoms in total. The van der Waals surface area contributed by atoms with Gasteiger partial charge < -0.3 is 15.4 Å². The van der Waals surface area contributed by atoms with Crippen molar-refractivity contribution in [3.8, 4) is 0 Å². The summed E-state index contributed by atoms with van der Waals surface area (Å²) in [5.74, 6) is -0.671. The summed E-state index contributed by atoms with van der Waals surface area (Å²) in [5, 5.41) is 6.22. The molecule has 2 amide bonds. The number of halogens is 1. The number of carbonyl (C=O) groups is 2. The Morgan fingerprint density at radius 1 is 1.03 bits per heavy atom. The predicted molar refractivity (Wildman–Crippen MR) is 141 cm³/mol. The number of nitrogens with zero attached hydrogens (tertiary/aromatic N) is 1. The van der Waals surface area contributed by atoms with E-state index in [9.17, 15) is 14.0 Å². The summed E-state index contributed by atoms with van der Waals surface area (Å²) in [6.07, 6.45) is 4.53. The molecule has 0 radical (unpaired) electrons. The molecule has 1 fully saturated rings. The summed E-state index contributed by atoms with van der Waals surface area (Å²) < 4.78 is 18.2. The highest BCUT2D eigenvalue weighted by atomic mass is 19.1. The number of carbonyl (C=O) groups excluding carboxylic acids is 2. The Morgan fingerprint density at radius 2 is 1.76 bits per heavy atom. The minimum Gasteiger partial charge on any atom is -0.465 e. The summed E-state index contributed by atoms with van der Waals surface area (Å²) in [7, 11) is 1.33. The number of anilines is 1. The molecule has 0 aromatic heterocycles. The van der Waals surface area contributed by atoms with Crippen molar-refractivity contribution in [3.05, 3.63) is 101 Å². The van der Waals surface area contributed by atoms with Crippen LogP contribution in [0.15, 0.2) is 72.8 Å². The summed E-state index contributed by atoms with van der Waals surface area (Å²) in [6, 6.07) is 21.9. The van der Waals surface area contributed by atoms with Crippen LogP contribution in [-0.4, -0.2) is 48.7 Å². The van der Waals surface area contributed by atoms with Crippen molar-refractivity contribution in [1.82, 2.24) is 10.2 Å². The molecule has 192 valence electrons. The predicted octanol–water partition coefficient (Wildman–Crippen LogP) is 4.98. The lowest BCUT2D eigenvalue weighted by atomic mass is 9.93. The van der Waals surface area contributed by atoms with Gasteiger partial charge in [-0.15, -0.1) is 0 Å². The number of hydrogen-bond acceptors (Lipinski definition) is 4. The maximum atomic E-state index is 13.4. The van der Waals surface area contributed by atoms with Gasteiger partial charge in [-0.05, 0) is 85.7 Å². The highest BCUT2D eigenvalue weighted by Gasteiger charge is 2.42. The zero-order valence-corrected chi connectivity index (χ0v) is 21.0. The van der Waals surface area contributed by atoms with Gasteiger partial charge in [-0.3, -0.25) is 4.90 Å². The second-order valence-electron chi connectivity index (χ2n) is 10.2. The van der Waals surface area contributed by atoms with Crippen LogP contribution in [0.5, 0.6) is 0 Å². The number of hydrogen-bond donors (Lipinski definition) is 2. The minimum atomic E-state index is -0.459. The zero-order chi connectivity index (χ0) is 25.8. The van der Waals surface area contributed by atoms with E-state index in [4.69, 9.17) is 4.74 Å². The number of ether oxygens (including phenoxy) is 1. The minimum absolute atomic E-state index is 0.220. The van der Waals surface area contributed by atoms with Crippen LogP contribution in [0.25, 0.3) is 0 Å². The number of likely N-dealkylation sites (tertiary alicyclic amines) is 1. The molecule has 0 bridgehead atoms. The molecule has 2 aliphatic rings. The van der Waals surface area contributed by atoms with Crippen molar-refractivity contribution in [1.29, 1.82) is 0 Å².